The number of piperidine rings is 1. The number of likely N-dealkylation sites (tertiary alicyclic amines) is 1. The Morgan fingerprint density at radius 3 is 2.19 bits per heavy atom. The molecule has 142 valence electrons. The molecule has 0 bridgehead atoms. The van der Waals surface area contributed by atoms with E-state index in [2.05, 4.69) is 0 Å². The fourth-order valence-corrected chi connectivity index (χ4v) is 4.25. The lowest BCUT2D eigenvalue weighted by molar-refractivity contribution is 0.0633. The third-order valence-electron chi connectivity index (χ3n) is 5.01. The van der Waals surface area contributed by atoms with Crippen LogP contribution >= 0.6 is 0 Å². The predicted octanol–water partition coefficient (Wildman–Crippen LogP) is 1.93. The van der Waals surface area contributed by atoms with E-state index in [1.54, 1.807) is 12.3 Å². The van der Waals surface area contributed by atoms with Crippen LogP contribution in [-0.4, -0.2) is 76.4 Å². The SMILES string of the molecule is CS(=O)Cc1cccc(C(=O)N2CCN(C(=O)N3CCCCC3)CC2)c1. The number of hydrogen-bond donors (Lipinski definition) is 0. The van der Waals surface area contributed by atoms with Crippen LogP contribution in [-0.2, 0) is 16.6 Å². The minimum Gasteiger partial charge on any atom is -0.335 e. The molecule has 0 spiro atoms. The topological polar surface area (TPSA) is 60.9 Å². The van der Waals surface area contributed by atoms with Crippen LogP contribution in [0.1, 0.15) is 35.2 Å². The number of rotatable bonds is 3. The summed E-state index contributed by atoms with van der Waals surface area (Å²) in [5, 5.41) is 0. The number of carbonyl (C=O) groups excluding carboxylic acids is 2. The lowest BCUT2D eigenvalue weighted by Crippen LogP contribution is -2.54. The van der Waals surface area contributed by atoms with E-state index in [9.17, 15) is 13.8 Å². The van der Waals surface area contributed by atoms with Crippen LogP contribution < -0.4 is 0 Å². The lowest BCUT2D eigenvalue weighted by Gasteiger charge is -2.38. The molecule has 1 atom stereocenters. The highest BCUT2D eigenvalue weighted by molar-refractivity contribution is 7.83. The molecule has 1 aromatic rings. The van der Waals surface area contributed by atoms with Crippen LogP contribution in [0.4, 0.5) is 4.79 Å². The molecule has 3 amide bonds. The van der Waals surface area contributed by atoms with Crippen LogP contribution in [0.5, 0.6) is 0 Å². The number of benzene rings is 1. The standard InChI is InChI=1S/C19H27N3O3S/c1-26(25)15-16-6-5-7-17(14-16)18(23)20-10-12-22(13-11-20)19(24)21-8-3-2-4-9-21/h5-7,14H,2-4,8-13,15H2,1H3. The van der Waals surface area contributed by atoms with Gasteiger partial charge < -0.3 is 14.7 Å². The van der Waals surface area contributed by atoms with Gasteiger partial charge in [-0.1, -0.05) is 12.1 Å². The number of amides is 3. The molecule has 2 aliphatic rings. The molecule has 0 N–H and O–H groups in total. The van der Waals surface area contributed by atoms with Crippen LogP contribution in [0.15, 0.2) is 24.3 Å². The minimum atomic E-state index is -0.929. The van der Waals surface area contributed by atoms with Gasteiger partial charge >= 0.3 is 6.03 Å². The molecule has 0 aliphatic carbocycles. The van der Waals surface area contributed by atoms with Gasteiger partial charge in [0.2, 0.25) is 0 Å². The van der Waals surface area contributed by atoms with Crippen molar-refractivity contribution in [2.45, 2.75) is 25.0 Å². The molecule has 2 aliphatic heterocycles. The maximum absolute atomic E-state index is 12.8. The van der Waals surface area contributed by atoms with Gasteiger partial charge in [-0.05, 0) is 37.0 Å². The molecular formula is C19H27N3O3S. The first-order chi connectivity index (χ1) is 12.5. The summed E-state index contributed by atoms with van der Waals surface area (Å²) >= 11 is 0. The number of hydrogen-bond acceptors (Lipinski definition) is 3. The van der Waals surface area contributed by atoms with E-state index < -0.39 is 10.8 Å². The van der Waals surface area contributed by atoms with Crippen LogP contribution in [0.3, 0.4) is 0 Å². The summed E-state index contributed by atoms with van der Waals surface area (Å²) in [5.41, 5.74) is 1.54. The molecule has 0 radical (unpaired) electrons. The van der Waals surface area contributed by atoms with Crippen molar-refractivity contribution in [1.29, 1.82) is 0 Å². The second-order valence-corrected chi connectivity index (χ2v) is 8.46. The van der Waals surface area contributed by atoms with Crippen molar-refractivity contribution in [3.8, 4) is 0 Å². The fraction of sp³-hybridized carbons (Fsp3) is 0.579. The molecule has 2 saturated heterocycles. The number of urea groups is 1. The molecule has 2 heterocycles. The van der Waals surface area contributed by atoms with Gasteiger partial charge in [0.05, 0.1) is 0 Å². The lowest BCUT2D eigenvalue weighted by atomic mass is 10.1. The molecule has 26 heavy (non-hydrogen) atoms. The van der Waals surface area contributed by atoms with Gasteiger partial charge in [-0.25, -0.2) is 4.79 Å². The second-order valence-electron chi connectivity index (χ2n) is 7.03. The smallest absolute Gasteiger partial charge is 0.320 e. The van der Waals surface area contributed by atoms with Crippen molar-refractivity contribution in [1.82, 2.24) is 14.7 Å². The second kappa shape index (κ2) is 8.66. The number of piperazine rings is 1. The molecule has 1 unspecified atom stereocenters. The van der Waals surface area contributed by atoms with Gasteiger partial charge in [0.25, 0.3) is 5.91 Å². The highest BCUT2D eigenvalue weighted by atomic mass is 32.2. The van der Waals surface area contributed by atoms with Crippen molar-refractivity contribution in [3.05, 3.63) is 35.4 Å². The summed E-state index contributed by atoms with van der Waals surface area (Å²) in [6, 6.07) is 7.48. The highest BCUT2D eigenvalue weighted by Gasteiger charge is 2.28. The van der Waals surface area contributed by atoms with Gasteiger partial charge in [-0.2, -0.15) is 0 Å². The van der Waals surface area contributed by atoms with Gasteiger partial charge in [0, 0.05) is 67.6 Å². The molecule has 0 aromatic heterocycles. The maximum atomic E-state index is 12.8. The van der Waals surface area contributed by atoms with Gasteiger partial charge in [-0.3, -0.25) is 9.00 Å². The molecule has 2 fully saturated rings. The van der Waals surface area contributed by atoms with E-state index in [0.717, 1.165) is 31.5 Å². The Bertz CT molecular complexity index is 680. The Labute approximate surface area is 157 Å². The van der Waals surface area contributed by atoms with E-state index in [0.29, 0.717) is 37.5 Å². The van der Waals surface area contributed by atoms with Crippen molar-refractivity contribution < 1.29 is 13.8 Å². The average molecular weight is 378 g/mol. The Morgan fingerprint density at radius 2 is 1.54 bits per heavy atom. The summed E-state index contributed by atoms with van der Waals surface area (Å²) in [4.78, 5) is 30.9. The largest absolute Gasteiger partial charge is 0.335 e. The molecule has 7 heteroatoms. The Morgan fingerprint density at radius 1 is 0.923 bits per heavy atom. The highest BCUT2D eigenvalue weighted by Crippen LogP contribution is 2.15. The van der Waals surface area contributed by atoms with Crippen LogP contribution in [0, 0.1) is 0 Å². The van der Waals surface area contributed by atoms with Crippen LogP contribution in [0.2, 0.25) is 0 Å². The zero-order valence-corrected chi connectivity index (χ0v) is 16.2. The molecular weight excluding hydrogens is 350 g/mol. The van der Waals surface area contributed by atoms with E-state index in [1.807, 2.05) is 32.9 Å². The Kier molecular flexibility index (Phi) is 6.29. The Balaban J connectivity index is 1.56. The first kappa shape index (κ1) is 18.9. The van der Waals surface area contributed by atoms with Crippen molar-refractivity contribution >= 4 is 22.7 Å². The van der Waals surface area contributed by atoms with E-state index in [4.69, 9.17) is 0 Å². The monoisotopic (exact) mass is 377 g/mol. The first-order valence-electron chi connectivity index (χ1n) is 9.26. The summed E-state index contributed by atoms with van der Waals surface area (Å²) in [5.74, 6) is 0.443. The molecule has 3 rings (SSSR count). The zero-order valence-electron chi connectivity index (χ0n) is 15.4. The van der Waals surface area contributed by atoms with Crippen molar-refractivity contribution in [2.75, 3.05) is 45.5 Å². The minimum absolute atomic E-state index is 0.0150. The maximum Gasteiger partial charge on any atom is 0.320 e. The third kappa shape index (κ3) is 4.63. The fourth-order valence-electron chi connectivity index (χ4n) is 3.60. The normalized spacial score (nSPS) is 19.3. The zero-order chi connectivity index (χ0) is 18.5. The van der Waals surface area contributed by atoms with Gasteiger partial charge in [0.15, 0.2) is 0 Å². The number of carbonyl (C=O) groups is 2. The summed E-state index contributed by atoms with van der Waals surface area (Å²) < 4.78 is 11.4. The molecule has 0 saturated carbocycles. The van der Waals surface area contributed by atoms with E-state index in [1.165, 1.54) is 6.42 Å². The first-order valence-corrected chi connectivity index (χ1v) is 11.0. The van der Waals surface area contributed by atoms with Crippen molar-refractivity contribution in [2.24, 2.45) is 0 Å². The summed E-state index contributed by atoms with van der Waals surface area (Å²) in [6.07, 6.45) is 5.04. The van der Waals surface area contributed by atoms with Crippen molar-refractivity contribution in [3.63, 3.8) is 0 Å². The average Bonchev–Trinajstić information content (AvgIpc) is 2.67. The van der Waals surface area contributed by atoms with E-state index in [-0.39, 0.29) is 11.9 Å². The summed E-state index contributed by atoms with van der Waals surface area (Å²) in [7, 11) is -0.929. The van der Waals surface area contributed by atoms with E-state index >= 15 is 0 Å². The summed E-state index contributed by atoms with van der Waals surface area (Å²) in [6.45, 7) is 3.98. The Hall–Kier alpha value is -1.89. The quantitative estimate of drug-likeness (QED) is 0.809. The third-order valence-corrected chi connectivity index (χ3v) is 5.75. The van der Waals surface area contributed by atoms with Gasteiger partial charge in [0.1, 0.15) is 0 Å². The number of nitrogens with zero attached hydrogens (tertiary/aromatic N) is 3. The van der Waals surface area contributed by atoms with Gasteiger partial charge in [-0.15, -0.1) is 0 Å². The molecule has 6 nitrogen and oxygen atoms in total. The predicted molar refractivity (Wildman–Crippen MR) is 103 cm³/mol. The molecule has 1 aromatic carbocycles. The van der Waals surface area contributed by atoms with Crippen LogP contribution in [0.25, 0.3) is 0 Å².